The van der Waals surface area contributed by atoms with Crippen LogP contribution >= 0.6 is 0 Å². The summed E-state index contributed by atoms with van der Waals surface area (Å²) in [5.74, 6) is 0.513. The number of hydrogen-bond acceptors (Lipinski definition) is 9. The van der Waals surface area contributed by atoms with Crippen LogP contribution in [-0.2, 0) is 5.41 Å². The number of ether oxygens (including phenoxy) is 3. The van der Waals surface area contributed by atoms with Crippen molar-refractivity contribution in [1.29, 1.82) is 0 Å². The van der Waals surface area contributed by atoms with Crippen molar-refractivity contribution in [2.75, 3.05) is 14.2 Å². The second-order valence-corrected chi connectivity index (χ2v) is 8.54. The van der Waals surface area contributed by atoms with E-state index in [1.807, 2.05) is 20.8 Å². The molecule has 0 bridgehead atoms. The lowest BCUT2D eigenvalue weighted by Gasteiger charge is -2.16. The Morgan fingerprint density at radius 1 is 1.03 bits per heavy atom. The Labute approximate surface area is 200 Å². The summed E-state index contributed by atoms with van der Waals surface area (Å²) in [6.45, 7) is 5.66. The number of methoxy groups -OCH3 is 2. The molecule has 2 heterocycles. The van der Waals surface area contributed by atoms with Crippen LogP contribution in [0.5, 0.6) is 17.2 Å². The highest BCUT2D eigenvalue weighted by atomic mass is 16.6. The number of aromatic nitrogens is 5. The Morgan fingerprint density at radius 2 is 1.77 bits per heavy atom. The van der Waals surface area contributed by atoms with Crippen molar-refractivity contribution in [3.8, 4) is 17.2 Å². The maximum Gasteiger partial charge on any atom is 0.347 e. The predicted molar refractivity (Wildman–Crippen MR) is 128 cm³/mol. The highest BCUT2D eigenvalue weighted by Crippen LogP contribution is 2.29. The van der Waals surface area contributed by atoms with Gasteiger partial charge in [-0.1, -0.05) is 32.9 Å². The number of nitrogens with zero attached hydrogens (tertiary/aromatic N) is 6. The van der Waals surface area contributed by atoms with E-state index in [1.54, 1.807) is 42.5 Å². The molecule has 0 aliphatic heterocycles. The Balaban J connectivity index is 1.66. The molecule has 2 aromatic heterocycles. The number of carbonyl (C=O) groups is 1. The van der Waals surface area contributed by atoms with Crippen LogP contribution in [0.25, 0.3) is 5.78 Å². The summed E-state index contributed by atoms with van der Waals surface area (Å²) in [6.07, 6.45) is 2.88. The molecule has 180 valence electrons. The van der Waals surface area contributed by atoms with Crippen LogP contribution in [0.3, 0.4) is 0 Å². The van der Waals surface area contributed by atoms with Crippen molar-refractivity contribution >= 4 is 18.0 Å². The van der Waals surface area contributed by atoms with Gasteiger partial charge in [-0.3, -0.25) is 4.79 Å². The third-order valence-corrected chi connectivity index (χ3v) is 5.06. The van der Waals surface area contributed by atoms with E-state index in [4.69, 9.17) is 14.2 Å². The van der Waals surface area contributed by atoms with Gasteiger partial charge in [0, 0.05) is 5.41 Å². The number of carbonyl (C=O) groups excluding carboxylic acids is 1. The zero-order chi connectivity index (χ0) is 25.2. The fraction of sp³-hybridized carbons (Fsp3) is 0.250. The van der Waals surface area contributed by atoms with E-state index in [2.05, 4.69) is 20.4 Å². The molecule has 0 aliphatic rings. The van der Waals surface area contributed by atoms with Crippen molar-refractivity contribution in [3.63, 3.8) is 0 Å². The summed E-state index contributed by atoms with van der Waals surface area (Å²) in [5, 5.41) is 16.4. The molecule has 0 radical (unpaired) electrons. The van der Waals surface area contributed by atoms with E-state index in [0.29, 0.717) is 22.8 Å². The van der Waals surface area contributed by atoms with Crippen LogP contribution in [0.4, 0.5) is 0 Å². The quantitative estimate of drug-likeness (QED) is 0.237. The molecule has 11 nitrogen and oxygen atoms in total. The lowest BCUT2D eigenvalue weighted by Crippen LogP contribution is -2.33. The average molecular weight is 476 g/mol. The minimum absolute atomic E-state index is 0.175. The zero-order valence-corrected chi connectivity index (χ0v) is 19.9. The highest BCUT2D eigenvalue weighted by molar-refractivity contribution is 5.94. The second-order valence-electron chi connectivity index (χ2n) is 8.54. The van der Waals surface area contributed by atoms with E-state index in [9.17, 15) is 9.59 Å². The van der Waals surface area contributed by atoms with Gasteiger partial charge in [0.25, 0.3) is 11.3 Å². The standard InChI is InChI=1S/C24H24N6O5/c1-24(2,3)20-21(31)30(23-27-25-14-29(23)28-20)26-13-15-10-11-18(19(12-15)34-5)35-22(32)16-8-6-7-9-17(16)33-4/h6-14H,1-5H3/b26-13-. The largest absolute Gasteiger partial charge is 0.496 e. The van der Waals surface area contributed by atoms with Crippen LogP contribution in [0.15, 0.2) is 58.7 Å². The Kier molecular flexibility index (Phi) is 6.32. The second kappa shape index (κ2) is 9.37. The maximum absolute atomic E-state index is 13.0. The Morgan fingerprint density at radius 3 is 2.49 bits per heavy atom. The molecule has 2 aromatic carbocycles. The van der Waals surface area contributed by atoms with Crippen molar-refractivity contribution in [1.82, 2.24) is 24.5 Å². The smallest absolute Gasteiger partial charge is 0.347 e. The molecule has 0 amide bonds. The predicted octanol–water partition coefficient (Wildman–Crippen LogP) is 2.70. The van der Waals surface area contributed by atoms with Crippen molar-refractivity contribution < 1.29 is 19.0 Å². The topological polar surface area (TPSA) is 122 Å². The summed E-state index contributed by atoms with van der Waals surface area (Å²) in [6, 6.07) is 11.6. The third-order valence-electron chi connectivity index (χ3n) is 5.06. The third kappa shape index (κ3) is 4.74. The first-order chi connectivity index (χ1) is 16.7. The molecule has 0 saturated carbocycles. The van der Waals surface area contributed by atoms with Gasteiger partial charge in [-0.05, 0) is 35.9 Å². The van der Waals surface area contributed by atoms with Crippen LogP contribution in [0.1, 0.15) is 42.4 Å². The summed E-state index contributed by atoms with van der Waals surface area (Å²) < 4.78 is 18.7. The number of hydrogen-bond donors (Lipinski definition) is 0. The first-order valence-corrected chi connectivity index (χ1v) is 10.6. The van der Waals surface area contributed by atoms with Crippen LogP contribution in [0.2, 0.25) is 0 Å². The molecule has 35 heavy (non-hydrogen) atoms. The molecule has 4 rings (SSSR count). The van der Waals surface area contributed by atoms with Crippen LogP contribution < -0.4 is 19.8 Å². The molecule has 0 spiro atoms. The molecule has 0 unspecified atom stereocenters. The summed E-state index contributed by atoms with van der Waals surface area (Å²) in [7, 11) is 2.94. The van der Waals surface area contributed by atoms with E-state index < -0.39 is 16.9 Å². The minimum atomic E-state index is -0.589. The SMILES string of the molecule is COc1cc(/C=N\n2c(=O)c(C(C)(C)C)nn3cnnc23)ccc1OC(=O)c1ccccc1OC. The van der Waals surface area contributed by atoms with Crippen molar-refractivity contribution in [3.05, 3.63) is 76.0 Å². The van der Waals surface area contributed by atoms with E-state index in [1.165, 1.54) is 31.3 Å². The van der Waals surface area contributed by atoms with E-state index in [0.717, 1.165) is 4.68 Å². The van der Waals surface area contributed by atoms with Gasteiger partial charge >= 0.3 is 5.97 Å². The van der Waals surface area contributed by atoms with Gasteiger partial charge in [-0.15, -0.1) is 10.2 Å². The number of fused-ring (bicyclic) bond motifs is 1. The fourth-order valence-corrected chi connectivity index (χ4v) is 3.29. The molecule has 4 aromatic rings. The van der Waals surface area contributed by atoms with Gasteiger partial charge < -0.3 is 14.2 Å². The molecular formula is C24H24N6O5. The molecule has 11 heteroatoms. The van der Waals surface area contributed by atoms with Gasteiger partial charge in [-0.2, -0.15) is 19.4 Å². The molecular weight excluding hydrogens is 452 g/mol. The molecule has 0 saturated heterocycles. The minimum Gasteiger partial charge on any atom is -0.496 e. The first-order valence-electron chi connectivity index (χ1n) is 10.6. The number of rotatable bonds is 6. The molecule has 0 atom stereocenters. The number of benzene rings is 2. The monoisotopic (exact) mass is 476 g/mol. The number of para-hydroxylation sites is 1. The Bertz CT molecular complexity index is 1480. The van der Waals surface area contributed by atoms with Gasteiger partial charge in [0.1, 0.15) is 23.3 Å². The highest BCUT2D eigenvalue weighted by Gasteiger charge is 2.24. The van der Waals surface area contributed by atoms with Gasteiger partial charge in [0.15, 0.2) is 11.5 Å². The molecule has 0 aliphatic carbocycles. The van der Waals surface area contributed by atoms with E-state index in [-0.39, 0.29) is 17.1 Å². The van der Waals surface area contributed by atoms with Crippen LogP contribution in [0, 0.1) is 0 Å². The lowest BCUT2D eigenvalue weighted by atomic mass is 9.93. The zero-order valence-electron chi connectivity index (χ0n) is 19.9. The first kappa shape index (κ1) is 23.6. The van der Waals surface area contributed by atoms with E-state index >= 15 is 0 Å². The van der Waals surface area contributed by atoms with Gasteiger partial charge in [0.05, 0.1) is 20.4 Å². The fourth-order valence-electron chi connectivity index (χ4n) is 3.29. The maximum atomic E-state index is 13.0. The van der Waals surface area contributed by atoms with Crippen molar-refractivity contribution in [2.45, 2.75) is 26.2 Å². The van der Waals surface area contributed by atoms with Gasteiger partial charge in [0.2, 0.25) is 0 Å². The summed E-state index contributed by atoms with van der Waals surface area (Å²) in [4.78, 5) is 25.7. The average Bonchev–Trinajstić information content (AvgIpc) is 3.31. The Hall–Kier alpha value is -4.54. The summed E-state index contributed by atoms with van der Waals surface area (Å²) >= 11 is 0. The van der Waals surface area contributed by atoms with Crippen molar-refractivity contribution in [2.24, 2.45) is 5.10 Å². The van der Waals surface area contributed by atoms with Crippen LogP contribution in [-0.4, -0.2) is 50.9 Å². The lowest BCUT2D eigenvalue weighted by molar-refractivity contribution is 0.0726. The normalized spacial score (nSPS) is 11.7. The van der Waals surface area contributed by atoms with Gasteiger partial charge in [-0.25, -0.2) is 4.79 Å². The molecule has 0 fully saturated rings. The molecule has 0 N–H and O–H groups in total. The summed E-state index contributed by atoms with van der Waals surface area (Å²) in [5.41, 5.74) is 0.286. The number of esters is 1.